The van der Waals surface area contributed by atoms with Gasteiger partial charge in [0.05, 0.1) is 29.1 Å². The Hall–Kier alpha value is -4.43. The second-order valence-electron chi connectivity index (χ2n) is 9.45. The number of fused-ring (bicyclic) bond motifs is 1. The van der Waals surface area contributed by atoms with E-state index in [9.17, 15) is 14.4 Å². The van der Waals surface area contributed by atoms with Gasteiger partial charge in [0.1, 0.15) is 0 Å². The fourth-order valence-corrected chi connectivity index (χ4v) is 4.66. The highest BCUT2D eigenvalue weighted by Gasteiger charge is 2.29. The molecule has 0 unspecified atom stereocenters. The molecule has 40 heavy (non-hydrogen) atoms. The van der Waals surface area contributed by atoms with Gasteiger partial charge in [0, 0.05) is 37.0 Å². The van der Waals surface area contributed by atoms with E-state index < -0.39 is 5.97 Å². The van der Waals surface area contributed by atoms with Crippen LogP contribution in [-0.2, 0) is 14.3 Å². The number of carbonyl (C=O) groups is 3. The lowest BCUT2D eigenvalue weighted by molar-refractivity contribution is -0.118. The van der Waals surface area contributed by atoms with Crippen molar-refractivity contribution in [2.24, 2.45) is 0 Å². The number of carbonyl (C=O) groups excluding carboxylic acids is 3. The Morgan fingerprint density at radius 3 is 2.25 bits per heavy atom. The molecule has 0 spiro atoms. The van der Waals surface area contributed by atoms with Gasteiger partial charge in [-0.05, 0) is 62.0 Å². The fraction of sp³-hybridized carbons (Fsp3) is 0.281. The van der Waals surface area contributed by atoms with Gasteiger partial charge in [-0.1, -0.05) is 50.2 Å². The number of amides is 2. The van der Waals surface area contributed by atoms with E-state index >= 15 is 0 Å². The van der Waals surface area contributed by atoms with E-state index in [0.29, 0.717) is 34.5 Å². The number of nitrogens with one attached hydrogen (secondary N) is 2. The van der Waals surface area contributed by atoms with Crippen LogP contribution < -0.4 is 15.5 Å². The summed E-state index contributed by atoms with van der Waals surface area (Å²) in [5.41, 5.74) is 5.13. The molecule has 0 radical (unpaired) electrons. The molecule has 8 heteroatoms. The highest BCUT2D eigenvalue weighted by molar-refractivity contribution is 6.37. The maximum Gasteiger partial charge on any atom is 0.338 e. The molecule has 3 aromatic rings. The first-order valence-electron chi connectivity index (χ1n) is 13.6. The van der Waals surface area contributed by atoms with Gasteiger partial charge in [-0.15, -0.1) is 0 Å². The molecule has 1 aliphatic rings. The molecule has 208 valence electrons. The zero-order valence-electron chi connectivity index (χ0n) is 23.5. The zero-order chi connectivity index (χ0) is 28.6. The monoisotopic (exact) mass is 540 g/mol. The third-order valence-corrected chi connectivity index (χ3v) is 7.02. The van der Waals surface area contributed by atoms with Gasteiger partial charge in [-0.3, -0.25) is 9.59 Å². The third-order valence-electron chi connectivity index (χ3n) is 7.02. The van der Waals surface area contributed by atoms with Crippen LogP contribution in [0.2, 0.25) is 0 Å². The molecule has 1 aliphatic heterocycles. The Kier molecular flexibility index (Phi) is 9.35. The van der Waals surface area contributed by atoms with Crippen LogP contribution in [0.4, 0.5) is 17.1 Å². The van der Waals surface area contributed by atoms with Gasteiger partial charge in [0.2, 0.25) is 5.91 Å². The van der Waals surface area contributed by atoms with E-state index in [-0.39, 0.29) is 18.4 Å². The molecule has 0 aromatic heterocycles. The summed E-state index contributed by atoms with van der Waals surface area (Å²) in [6, 6.07) is 22.3. The first-order valence-corrected chi connectivity index (χ1v) is 13.6. The second-order valence-corrected chi connectivity index (χ2v) is 9.45. The van der Waals surface area contributed by atoms with Crippen molar-refractivity contribution in [2.75, 3.05) is 48.8 Å². The second kappa shape index (κ2) is 13.1. The standard InChI is InChI=1S/C32H36N4O4/c1-5-36(6-2)20-19-28(37)35(4)25-16-14-24(15-17-25)33-30(22-11-9-8-10-12-22)29-26-18-13-23(32(39)40-7-3)21-27(26)34-31(29)38/h8-18,21,33H,5-7,19-20H2,1-4H3,(H,34,38). The van der Waals surface area contributed by atoms with Crippen LogP contribution in [0.25, 0.3) is 11.3 Å². The lowest BCUT2D eigenvalue weighted by atomic mass is 9.99. The molecular formula is C32H36N4O4. The van der Waals surface area contributed by atoms with Gasteiger partial charge >= 0.3 is 5.97 Å². The molecule has 0 saturated carbocycles. The average molecular weight is 541 g/mol. The molecule has 3 aromatic carbocycles. The maximum absolute atomic E-state index is 13.2. The summed E-state index contributed by atoms with van der Waals surface area (Å²) in [5, 5.41) is 6.33. The first-order chi connectivity index (χ1) is 19.4. The molecule has 0 aliphatic carbocycles. The van der Waals surface area contributed by atoms with E-state index in [1.807, 2.05) is 54.6 Å². The summed E-state index contributed by atoms with van der Waals surface area (Å²) < 4.78 is 5.11. The number of benzene rings is 3. The molecule has 2 N–H and O–H groups in total. The van der Waals surface area contributed by atoms with Crippen molar-refractivity contribution in [3.8, 4) is 0 Å². The smallest absolute Gasteiger partial charge is 0.338 e. The summed E-state index contributed by atoms with van der Waals surface area (Å²) in [6.45, 7) is 8.78. The van der Waals surface area contributed by atoms with Gasteiger partial charge in [-0.2, -0.15) is 0 Å². The van der Waals surface area contributed by atoms with Crippen LogP contribution in [-0.4, -0.2) is 56.0 Å². The highest BCUT2D eigenvalue weighted by Crippen LogP contribution is 2.38. The molecule has 0 fully saturated rings. The molecule has 2 amide bonds. The predicted molar refractivity (Wildman–Crippen MR) is 160 cm³/mol. The average Bonchev–Trinajstić information content (AvgIpc) is 3.31. The Balaban J connectivity index is 1.62. The Morgan fingerprint density at radius 2 is 1.60 bits per heavy atom. The van der Waals surface area contributed by atoms with Gasteiger partial charge in [0.15, 0.2) is 0 Å². The topological polar surface area (TPSA) is 91.0 Å². The summed E-state index contributed by atoms with van der Waals surface area (Å²) in [4.78, 5) is 42.1. The molecule has 1 heterocycles. The van der Waals surface area contributed by atoms with Gasteiger partial charge in [-0.25, -0.2) is 4.79 Å². The quantitative estimate of drug-likeness (QED) is 0.247. The van der Waals surface area contributed by atoms with Gasteiger partial charge in [0.25, 0.3) is 5.91 Å². The lowest BCUT2D eigenvalue weighted by Gasteiger charge is -2.22. The van der Waals surface area contributed by atoms with E-state index in [4.69, 9.17) is 4.74 Å². The van der Waals surface area contributed by atoms with Crippen LogP contribution in [0.15, 0.2) is 72.8 Å². The Morgan fingerprint density at radius 1 is 0.900 bits per heavy atom. The minimum Gasteiger partial charge on any atom is -0.462 e. The molecule has 0 bridgehead atoms. The van der Waals surface area contributed by atoms with Gasteiger partial charge < -0.3 is 25.2 Å². The highest BCUT2D eigenvalue weighted by atomic mass is 16.5. The number of nitrogens with zero attached hydrogens (tertiary/aromatic N) is 2. The summed E-state index contributed by atoms with van der Waals surface area (Å²) in [7, 11) is 1.79. The summed E-state index contributed by atoms with van der Waals surface area (Å²) in [6.07, 6.45) is 0.453. The fourth-order valence-electron chi connectivity index (χ4n) is 4.66. The van der Waals surface area contributed by atoms with Crippen LogP contribution in [0.3, 0.4) is 0 Å². The van der Waals surface area contributed by atoms with E-state index in [1.54, 1.807) is 37.1 Å². The molecule has 4 rings (SSSR count). The number of hydrogen-bond acceptors (Lipinski definition) is 6. The molecule has 8 nitrogen and oxygen atoms in total. The van der Waals surface area contributed by atoms with Crippen molar-refractivity contribution >= 4 is 46.1 Å². The maximum atomic E-state index is 13.2. The molecule has 0 atom stereocenters. The zero-order valence-corrected chi connectivity index (χ0v) is 23.5. The largest absolute Gasteiger partial charge is 0.462 e. The van der Waals surface area contributed by atoms with E-state index in [1.165, 1.54) is 0 Å². The molecular weight excluding hydrogens is 504 g/mol. The minimum absolute atomic E-state index is 0.0566. The lowest BCUT2D eigenvalue weighted by Crippen LogP contribution is -2.32. The first kappa shape index (κ1) is 28.6. The van der Waals surface area contributed by atoms with E-state index in [0.717, 1.165) is 36.6 Å². The van der Waals surface area contributed by atoms with E-state index in [2.05, 4.69) is 29.4 Å². The Labute approximate surface area is 235 Å². The van der Waals surface area contributed by atoms with Crippen molar-refractivity contribution in [1.29, 1.82) is 0 Å². The van der Waals surface area contributed by atoms with Crippen molar-refractivity contribution in [1.82, 2.24) is 4.90 Å². The van der Waals surface area contributed by atoms with Crippen molar-refractivity contribution in [3.63, 3.8) is 0 Å². The minimum atomic E-state index is -0.435. The van der Waals surface area contributed by atoms with Crippen LogP contribution >= 0.6 is 0 Å². The number of esters is 1. The van der Waals surface area contributed by atoms with Crippen LogP contribution in [0, 0.1) is 0 Å². The predicted octanol–water partition coefficient (Wildman–Crippen LogP) is 5.49. The van der Waals surface area contributed by atoms with Crippen molar-refractivity contribution < 1.29 is 19.1 Å². The number of rotatable bonds is 11. The summed E-state index contributed by atoms with van der Waals surface area (Å²) >= 11 is 0. The number of hydrogen-bond donors (Lipinski definition) is 2. The summed E-state index contributed by atoms with van der Waals surface area (Å²) in [5.74, 6) is -0.645. The van der Waals surface area contributed by atoms with Crippen LogP contribution in [0.1, 0.15) is 48.7 Å². The number of anilines is 3. The number of ether oxygens (including phenoxy) is 1. The Bertz CT molecular complexity index is 1400. The normalized spacial score (nSPS) is 13.5. The molecule has 0 saturated heterocycles. The SMILES string of the molecule is CCOC(=O)c1ccc2c(c1)NC(=O)C2=C(Nc1ccc(N(C)C(=O)CCN(CC)CC)cc1)c1ccccc1. The van der Waals surface area contributed by atoms with Crippen molar-refractivity contribution in [3.05, 3.63) is 89.5 Å². The third kappa shape index (κ3) is 6.40. The van der Waals surface area contributed by atoms with Crippen molar-refractivity contribution in [2.45, 2.75) is 27.2 Å². The van der Waals surface area contributed by atoms with Crippen LogP contribution in [0.5, 0.6) is 0 Å².